The first-order valence-corrected chi connectivity index (χ1v) is 8.42. The standard InChI is InChI=1S/C20H17FN4O.ClH/c21-17-9-13(11-22)1-6-16(17)19-10-18(24-25-19)14-2-4-15(5-3-14)20-12-23-7-8-26-20;/h1-6,9-10,20,23H,7-8,12H2,(H,24,25);1H. The molecule has 0 amide bonds. The van der Waals surface area contributed by atoms with Gasteiger partial charge in [0, 0.05) is 24.2 Å². The van der Waals surface area contributed by atoms with Crippen LogP contribution < -0.4 is 5.32 Å². The maximum atomic E-state index is 14.2. The summed E-state index contributed by atoms with van der Waals surface area (Å²) in [4.78, 5) is 0. The van der Waals surface area contributed by atoms with Crippen LogP contribution in [0.15, 0.2) is 48.5 Å². The maximum absolute atomic E-state index is 14.2. The molecule has 7 heteroatoms. The van der Waals surface area contributed by atoms with E-state index < -0.39 is 5.82 Å². The highest BCUT2D eigenvalue weighted by Gasteiger charge is 2.16. The van der Waals surface area contributed by atoms with E-state index in [4.69, 9.17) is 10.00 Å². The van der Waals surface area contributed by atoms with E-state index in [1.54, 1.807) is 18.2 Å². The van der Waals surface area contributed by atoms with Gasteiger partial charge >= 0.3 is 0 Å². The van der Waals surface area contributed by atoms with Crippen molar-refractivity contribution >= 4 is 12.4 Å². The highest BCUT2D eigenvalue weighted by Crippen LogP contribution is 2.28. The second-order valence-corrected chi connectivity index (χ2v) is 6.16. The molecule has 2 aromatic carbocycles. The molecule has 2 N–H and O–H groups in total. The van der Waals surface area contributed by atoms with E-state index >= 15 is 0 Å². The Bertz CT molecular complexity index is 959. The highest BCUT2D eigenvalue weighted by atomic mass is 35.5. The Morgan fingerprint density at radius 1 is 1.15 bits per heavy atom. The fourth-order valence-electron chi connectivity index (χ4n) is 3.06. The molecule has 5 nitrogen and oxygen atoms in total. The molecule has 27 heavy (non-hydrogen) atoms. The molecule has 1 aromatic heterocycles. The quantitative estimate of drug-likeness (QED) is 0.719. The van der Waals surface area contributed by atoms with Gasteiger partial charge in [-0.15, -0.1) is 12.4 Å². The van der Waals surface area contributed by atoms with Crippen LogP contribution in [0.1, 0.15) is 17.2 Å². The lowest BCUT2D eigenvalue weighted by Crippen LogP contribution is -2.33. The molecule has 3 aromatic rings. The van der Waals surface area contributed by atoms with Gasteiger partial charge in [-0.25, -0.2) is 4.39 Å². The molecule has 1 atom stereocenters. The molecule has 1 aliphatic rings. The fraction of sp³-hybridized carbons (Fsp3) is 0.200. The zero-order valence-corrected chi connectivity index (χ0v) is 15.2. The van der Waals surface area contributed by atoms with Crippen molar-refractivity contribution in [3.05, 3.63) is 65.5 Å². The molecule has 0 aliphatic carbocycles. The topological polar surface area (TPSA) is 73.7 Å². The van der Waals surface area contributed by atoms with Gasteiger partial charge in [0.25, 0.3) is 0 Å². The Morgan fingerprint density at radius 2 is 1.96 bits per heavy atom. The Hall–Kier alpha value is -2.72. The SMILES string of the molecule is Cl.N#Cc1ccc(-c2cc(-c3ccc(C4CNCCO4)cc3)n[nH]2)c(F)c1. The zero-order valence-electron chi connectivity index (χ0n) is 14.4. The molecule has 0 bridgehead atoms. The molecule has 4 rings (SSSR count). The van der Waals surface area contributed by atoms with Crippen LogP contribution in [-0.4, -0.2) is 29.9 Å². The molecule has 138 valence electrons. The van der Waals surface area contributed by atoms with Crippen molar-refractivity contribution in [2.45, 2.75) is 6.10 Å². The zero-order chi connectivity index (χ0) is 17.9. The van der Waals surface area contributed by atoms with Crippen molar-refractivity contribution in [1.82, 2.24) is 15.5 Å². The van der Waals surface area contributed by atoms with Crippen LogP contribution in [0.2, 0.25) is 0 Å². The van der Waals surface area contributed by atoms with Crippen molar-refractivity contribution in [2.75, 3.05) is 19.7 Å². The van der Waals surface area contributed by atoms with Gasteiger partial charge in [0.1, 0.15) is 5.82 Å². The Morgan fingerprint density at radius 3 is 2.63 bits per heavy atom. The van der Waals surface area contributed by atoms with Crippen molar-refractivity contribution in [1.29, 1.82) is 5.26 Å². The lowest BCUT2D eigenvalue weighted by atomic mass is 10.0. The van der Waals surface area contributed by atoms with E-state index in [0.29, 0.717) is 23.4 Å². The molecular formula is C20H18ClFN4O. The number of nitrogens with one attached hydrogen (secondary N) is 2. The van der Waals surface area contributed by atoms with Crippen LogP contribution in [0, 0.1) is 17.1 Å². The summed E-state index contributed by atoms with van der Waals surface area (Å²) < 4.78 is 19.9. The third kappa shape index (κ3) is 4.01. The van der Waals surface area contributed by atoms with Crippen molar-refractivity contribution in [2.24, 2.45) is 0 Å². The normalized spacial score (nSPS) is 16.4. The van der Waals surface area contributed by atoms with Gasteiger partial charge in [0.05, 0.1) is 35.7 Å². The summed E-state index contributed by atoms with van der Waals surface area (Å²) in [6.45, 7) is 2.41. The third-order valence-corrected chi connectivity index (χ3v) is 4.47. The van der Waals surface area contributed by atoms with Gasteiger partial charge in [0.2, 0.25) is 0 Å². The summed E-state index contributed by atoms with van der Waals surface area (Å²) in [5.41, 5.74) is 4.05. The smallest absolute Gasteiger partial charge is 0.133 e. The molecule has 2 heterocycles. The van der Waals surface area contributed by atoms with E-state index in [0.717, 1.165) is 29.9 Å². The number of aromatic amines is 1. The number of H-pyrrole nitrogens is 1. The average Bonchev–Trinajstić information content (AvgIpc) is 3.18. The summed E-state index contributed by atoms with van der Waals surface area (Å²) in [7, 11) is 0. The summed E-state index contributed by atoms with van der Waals surface area (Å²) in [6, 6.07) is 16.2. The van der Waals surface area contributed by atoms with Crippen molar-refractivity contribution in [3.63, 3.8) is 0 Å². The van der Waals surface area contributed by atoms with Crippen molar-refractivity contribution < 1.29 is 9.13 Å². The minimum absolute atomic E-state index is 0. The first-order valence-electron chi connectivity index (χ1n) is 8.42. The van der Waals surface area contributed by atoms with Crippen molar-refractivity contribution in [3.8, 4) is 28.6 Å². The van der Waals surface area contributed by atoms with Crippen LogP contribution in [0.4, 0.5) is 4.39 Å². The molecular weight excluding hydrogens is 367 g/mol. The van der Waals surface area contributed by atoms with E-state index in [1.807, 2.05) is 30.3 Å². The van der Waals surface area contributed by atoms with E-state index in [-0.39, 0.29) is 18.5 Å². The molecule has 1 aliphatic heterocycles. The number of ether oxygens (including phenoxy) is 1. The van der Waals surface area contributed by atoms with Gasteiger partial charge in [-0.3, -0.25) is 5.10 Å². The summed E-state index contributed by atoms with van der Waals surface area (Å²) in [5.74, 6) is -0.448. The van der Waals surface area contributed by atoms with Crippen LogP contribution in [0.3, 0.4) is 0 Å². The van der Waals surface area contributed by atoms with Gasteiger partial charge in [0.15, 0.2) is 0 Å². The number of halogens is 2. The number of hydrogen-bond donors (Lipinski definition) is 2. The number of aromatic nitrogens is 2. The molecule has 1 unspecified atom stereocenters. The molecule has 1 saturated heterocycles. The third-order valence-electron chi connectivity index (χ3n) is 4.47. The van der Waals surface area contributed by atoms with E-state index in [1.165, 1.54) is 6.07 Å². The Balaban J connectivity index is 0.00000210. The average molecular weight is 385 g/mol. The fourth-order valence-corrected chi connectivity index (χ4v) is 3.06. The maximum Gasteiger partial charge on any atom is 0.133 e. The predicted octanol–water partition coefficient (Wildman–Crippen LogP) is 3.84. The predicted molar refractivity (Wildman–Crippen MR) is 103 cm³/mol. The number of benzene rings is 2. The monoisotopic (exact) mass is 384 g/mol. The summed E-state index contributed by atoms with van der Waals surface area (Å²) in [6.07, 6.45) is 0.0697. The first kappa shape index (κ1) is 19.1. The number of hydrogen-bond acceptors (Lipinski definition) is 4. The number of rotatable bonds is 3. The number of nitriles is 1. The molecule has 0 radical (unpaired) electrons. The number of nitrogens with zero attached hydrogens (tertiary/aromatic N) is 2. The minimum atomic E-state index is -0.448. The lowest BCUT2D eigenvalue weighted by Gasteiger charge is -2.24. The summed E-state index contributed by atoms with van der Waals surface area (Å²) >= 11 is 0. The van der Waals surface area contributed by atoms with E-state index in [2.05, 4.69) is 15.5 Å². The van der Waals surface area contributed by atoms with Crippen LogP contribution in [-0.2, 0) is 4.74 Å². The van der Waals surface area contributed by atoms with Crippen LogP contribution in [0.25, 0.3) is 22.5 Å². The molecule has 0 saturated carbocycles. The number of morpholine rings is 1. The first-order chi connectivity index (χ1) is 12.7. The molecule has 1 fully saturated rings. The van der Waals surface area contributed by atoms with E-state index in [9.17, 15) is 4.39 Å². The van der Waals surface area contributed by atoms with Gasteiger partial charge < -0.3 is 10.1 Å². The van der Waals surface area contributed by atoms with Crippen LogP contribution >= 0.6 is 12.4 Å². The van der Waals surface area contributed by atoms with Gasteiger partial charge in [-0.05, 0) is 29.8 Å². The van der Waals surface area contributed by atoms with Gasteiger partial charge in [-0.1, -0.05) is 24.3 Å². The second kappa shape index (κ2) is 8.31. The minimum Gasteiger partial charge on any atom is -0.371 e. The van der Waals surface area contributed by atoms with Gasteiger partial charge in [-0.2, -0.15) is 10.4 Å². The van der Waals surface area contributed by atoms with Crippen LogP contribution in [0.5, 0.6) is 0 Å². The Labute approximate surface area is 162 Å². The molecule has 0 spiro atoms. The summed E-state index contributed by atoms with van der Waals surface area (Å²) in [5, 5.41) is 19.3. The Kier molecular flexibility index (Phi) is 5.87. The largest absolute Gasteiger partial charge is 0.371 e. The second-order valence-electron chi connectivity index (χ2n) is 6.16. The lowest BCUT2D eigenvalue weighted by molar-refractivity contribution is 0.0277. The highest BCUT2D eigenvalue weighted by molar-refractivity contribution is 5.85.